The van der Waals surface area contributed by atoms with Crippen LogP contribution >= 0.6 is 0 Å². The fraction of sp³-hybridized carbons (Fsp3) is 1.00. The molecule has 1 aliphatic carbocycles. The van der Waals surface area contributed by atoms with E-state index in [1.807, 2.05) is 0 Å². The Labute approximate surface area is 101 Å². The fourth-order valence-electron chi connectivity index (χ4n) is 3.47. The summed E-state index contributed by atoms with van der Waals surface area (Å²) >= 11 is 0. The van der Waals surface area contributed by atoms with Gasteiger partial charge < -0.3 is 10.6 Å². The van der Waals surface area contributed by atoms with Crippen LogP contribution in [0, 0.1) is 5.92 Å². The fourth-order valence-corrected chi connectivity index (χ4v) is 3.47. The quantitative estimate of drug-likeness (QED) is 0.778. The van der Waals surface area contributed by atoms with Crippen LogP contribution in [-0.2, 0) is 0 Å². The summed E-state index contributed by atoms with van der Waals surface area (Å²) in [5.74, 6) is 0.974. The summed E-state index contributed by atoms with van der Waals surface area (Å²) in [6, 6.07) is 0. The molecule has 1 atom stereocenters. The van der Waals surface area contributed by atoms with Crippen LogP contribution in [0.3, 0.4) is 0 Å². The number of nitrogens with two attached hydrogens (primary N) is 1. The van der Waals surface area contributed by atoms with Crippen LogP contribution in [0.2, 0.25) is 0 Å². The van der Waals surface area contributed by atoms with E-state index in [9.17, 15) is 0 Å². The smallest absolute Gasteiger partial charge is 0.0166 e. The lowest BCUT2D eigenvalue weighted by Gasteiger charge is -2.26. The van der Waals surface area contributed by atoms with E-state index in [4.69, 9.17) is 5.73 Å². The maximum absolute atomic E-state index is 6.40. The van der Waals surface area contributed by atoms with Crippen LogP contribution in [0.1, 0.15) is 58.3 Å². The lowest BCUT2D eigenvalue weighted by atomic mass is 9.94. The Morgan fingerprint density at radius 3 is 2.75 bits per heavy atom. The van der Waals surface area contributed by atoms with Gasteiger partial charge in [0, 0.05) is 12.1 Å². The van der Waals surface area contributed by atoms with Crippen molar-refractivity contribution in [3.05, 3.63) is 0 Å². The first-order chi connectivity index (χ1) is 7.72. The summed E-state index contributed by atoms with van der Waals surface area (Å²) in [5.41, 5.74) is 6.60. The van der Waals surface area contributed by atoms with Crippen LogP contribution in [0.15, 0.2) is 0 Å². The lowest BCUT2D eigenvalue weighted by molar-refractivity contribution is 0.271. The van der Waals surface area contributed by atoms with Gasteiger partial charge in [-0.05, 0) is 51.1 Å². The first kappa shape index (κ1) is 12.4. The summed E-state index contributed by atoms with van der Waals surface area (Å²) in [4.78, 5) is 2.65. The van der Waals surface area contributed by atoms with Crippen molar-refractivity contribution in [1.82, 2.24) is 4.90 Å². The van der Waals surface area contributed by atoms with E-state index in [2.05, 4.69) is 11.8 Å². The Kier molecular flexibility index (Phi) is 4.26. The maximum Gasteiger partial charge on any atom is 0.0166 e. The van der Waals surface area contributed by atoms with Gasteiger partial charge in [0.15, 0.2) is 0 Å². The summed E-state index contributed by atoms with van der Waals surface area (Å²) < 4.78 is 0. The molecule has 2 fully saturated rings. The van der Waals surface area contributed by atoms with Crippen molar-refractivity contribution in [1.29, 1.82) is 0 Å². The first-order valence-corrected chi connectivity index (χ1v) is 7.23. The van der Waals surface area contributed by atoms with E-state index in [0.29, 0.717) is 0 Å². The normalized spacial score (nSPS) is 30.0. The van der Waals surface area contributed by atoms with Crippen LogP contribution in [0.4, 0.5) is 0 Å². The molecule has 1 aliphatic heterocycles. The van der Waals surface area contributed by atoms with Crippen LogP contribution < -0.4 is 5.73 Å². The third-order valence-electron chi connectivity index (χ3n) is 4.59. The molecular weight excluding hydrogens is 196 g/mol. The predicted octanol–water partition coefficient (Wildman–Crippen LogP) is 2.77. The van der Waals surface area contributed by atoms with Gasteiger partial charge >= 0.3 is 0 Å². The molecule has 0 amide bonds. The third kappa shape index (κ3) is 3.21. The minimum Gasteiger partial charge on any atom is -0.325 e. The third-order valence-corrected chi connectivity index (χ3v) is 4.59. The van der Waals surface area contributed by atoms with Gasteiger partial charge in [0.1, 0.15) is 0 Å². The zero-order valence-electron chi connectivity index (χ0n) is 10.9. The average molecular weight is 224 g/mol. The van der Waals surface area contributed by atoms with Crippen molar-refractivity contribution < 1.29 is 0 Å². The molecule has 2 aliphatic rings. The number of hydrogen-bond acceptors (Lipinski definition) is 2. The largest absolute Gasteiger partial charge is 0.325 e. The molecule has 16 heavy (non-hydrogen) atoms. The molecule has 94 valence electrons. The number of hydrogen-bond donors (Lipinski definition) is 1. The van der Waals surface area contributed by atoms with Gasteiger partial charge in [0.05, 0.1) is 0 Å². The van der Waals surface area contributed by atoms with Crippen LogP contribution in [0.5, 0.6) is 0 Å². The highest BCUT2D eigenvalue weighted by Crippen LogP contribution is 2.31. The second kappa shape index (κ2) is 5.50. The molecule has 2 heteroatoms. The van der Waals surface area contributed by atoms with E-state index in [-0.39, 0.29) is 5.54 Å². The van der Waals surface area contributed by atoms with E-state index in [1.54, 1.807) is 0 Å². The van der Waals surface area contributed by atoms with Crippen LogP contribution in [-0.4, -0.2) is 30.1 Å². The molecule has 0 aromatic rings. The Bertz CT molecular complexity index is 209. The van der Waals surface area contributed by atoms with Crippen molar-refractivity contribution in [3.63, 3.8) is 0 Å². The SMILES string of the molecule is CCCC1CCN(CCC2(N)CCCC2)C1. The Morgan fingerprint density at radius 1 is 1.31 bits per heavy atom. The Hall–Kier alpha value is -0.0800. The highest BCUT2D eigenvalue weighted by molar-refractivity contribution is 4.90. The minimum atomic E-state index is 0.197. The predicted molar refractivity (Wildman–Crippen MR) is 69.5 cm³/mol. The summed E-state index contributed by atoms with van der Waals surface area (Å²) in [7, 11) is 0. The second-order valence-electron chi connectivity index (χ2n) is 6.06. The van der Waals surface area contributed by atoms with E-state index >= 15 is 0 Å². The molecule has 0 aromatic carbocycles. The molecule has 0 bridgehead atoms. The van der Waals surface area contributed by atoms with Gasteiger partial charge in [-0.25, -0.2) is 0 Å². The van der Waals surface area contributed by atoms with Gasteiger partial charge in [-0.3, -0.25) is 0 Å². The average Bonchev–Trinajstić information content (AvgIpc) is 2.86. The Balaban J connectivity index is 1.67. The zero-order chi connectivity index (χ0) is 11.4. The van der Waals surface area contributed by atoms with E-state index in [0.717, 1.165) is 5.92 Å². The highest BCUT2D eigenvalue weighted by Gasteiger charge is 2.30. The van der Waals surface area contributed by atoms with Gasteiger partial charge in [0.25, 0.3) is 0 Å². The summed E-state index contributed by atoms with van der Waals surface area (Å²) in [5, 5.41) is 0. The number of nitrogens with zero attached hydrogens (tertiary/aromatic N) is 1. The molecule has 1 saturated heterocycles. The lowest BCUT2D eigenvalue weighted by Crippen LogP contribution is -2.40. The number of likely N-dealkylation sites (tertiary alicyclic amines) is 1. The highest BCUT2D eigenvalue weighted by atomic mass is 15.1. The van der Waals surface area contributed by atoms with Crippen molar-refractivity contribution in [2.75, 3.05) is 19.6 Å². The van der Waals surface area contributed by atoms with Gasteiger partial charge in [-0.1, -0.05) is 26.2 Å². The monoisotopic (exact) mass is 224 g/mol. The van der Waals surface area contributed by atoms with E-state index < -0.39 is 0 Å². The minimum absolute atomic E-state index is 0.197. The van der Waals surface area contributed by atoms with Crippen molar-refractivity contribution >= 4 is 0 Å². The maximum atomic E-state index is 6.40. The molecular formula is C14H28N2. The van der Waals surface area contributed by atoms with Crippen molar-refractivity contribution in [2.45, 2.75) is 63.8 Å². The molecule has 0 aromatic heterocycles. The zero-order valence-corrected chi connectivity index (χ0v) is 10.9. The molecule has 1 saturated carbocycles. The van der Waals surface area contributed by atoms with Crippen molar-refractivity contribution in [3.8, 4) is 0 Å². The standard InChI is InChI=1S/C14H28N2/c1-2-5-13-6-10-16(12-13)11-9-14(15)7-3-4-8-14/h13H,2-12,15H2,1H3. The van der Waals surface area contributed by atoms with E-state index in [1.165, 1.54) is 71.0 Å². The summed E-state index contributed by atoms with van der Waals surface area (Å²) in [6.07, 6.45) is 10.7. The second-order valence-corrected chi connectivity index (χ2v) is 6.06. The molecule has 0 radical (unpaired) electrons. The summed E-state index contributed by atoms with van der Waals surface area (Å²) in [6.45, 7) is 6.21. The van der Waals surface area contributed by atoms with Gasteiger partial charge in [-0.2, -0.15) is 0 Å². The molecule has 2 N–H and O–H groups in total. The van der Waals surface area contributed by atoms with Crippen molar-refractivity contribution in [2.24, 2.45) is 11.7 Å². The van der Waals surface area contributed by atoms with Gasteiger partial charge in [-0.15, -0.1) is 0 Å². The van der Waals surface area contributed by atoms with Gasteiger partial charge in [0.2, 0.25) is 0 Å². The molecule has 1 unspecified atom stereocenters. The molecule has 2 nitrogen and oxygen atoms in total. The number of rotatable bonds is 5. The molecule has 0 spiro atoms. The van der Waals surface area contributed by atoms with Crippen LogP contribution in [0.25, 0.3) is 0 Å². The molecule has 1 heterocycles. The first-order valence-electron chi connectivity index (χ1n) is 7.23. The Morgan fingerprint density at radius 2 is 2.06 bits per heavy atom. The topological polar surface area (TPSA) is 29.3 Å². The molecule has 2 rings (SSSR count).